The number of pyridine rings is 1. The second kappa shape index (κ2) is 110. The number of hydrogen-bond donors (Lipinski definition) is 2. The highest BCUT2D eigenvalue weighted by Gasteiger charge is 1.92. The van der Waals surface area contributed by atoms with E-state index in [2.05, 4.69) is 109 Å². The topological polar surface area (TPSA) is 96.5 Å². The van der Waals surface area contributed by atoms with Crippen molar-refractivity contribution in [3.05, 3.63) is 273 Å². The van der Waals surface area contributed by atoms with Crippen molar-refractivity contribution in [3.63, 3.8) is 0 Å². The number of aromatic nitrogens is 5. The molecule has 0 saturated carbocycles. The molecule has 0 aliphatic carbocycles. The highest BCUT2D eigenvalue weighted by Crippen LogP contribution is 2.13. The molecule has 0 saturated heterocycles. The van der Waals surface area contributed by atoms with Crippen molar-refractivity contribution >= 4 is 65.8 Å². The van der Waals surface area contributed by atoms with E-state index >= 15 is 0 Å². The number of para-hydroxylation sites is 4. The summed E-state index contributed by atoms with van der Waals surface area (Å²) in [4.78, 5) is 7.30. The fourth-order valence-corrected chi connectivity index (χ4v) is 6.13. The average molecular weight is 1320 g/mol. The molecule has 0 fully saturated rings. The number of benzene rings is 7. The summed E-state index contributed by atoms with van der Waals surface area (Å²) >= 11 is 1.71. The van der Waals surface area contributed by atoms with Gasteiger partial charge in [0.05, 0.1) is 36.0 Å². The third-order valence-electron chi connectivity index (χ3n) is 8.76. The van der Waals surface area contributed by atoms with Crippen molar-refractivity contribution in [2.24, 2.45) is 0 Å². The summed E-state index contributed by atoms with van der Waals surface area (Å²) in [5.41, 5.74) is 4.21. The Hall–Kier alpha value is -8.33. The molecule has 7 nitrogen and oxygen atoms in total. The van der Waals surface area contributed by atoms with Gasteiger partial charge in [-0.25, -0.2) is 0 Å². The van der Waals surface area contributed by atoms with Gasteiger partial charge in [0.2, 0.25) is 0 Å². The number of thiophene rings is 1. The van der Waals surface area contributed by atoms with E-state index in [0.717, 1.165) is 27.4 Å². The lowest BCUT2D eigenvalue weighted by Gasteiger charge is -1.92. The largest absolute Gasteiger partial charge is 0.473 e. The fraction of sp³-hybridized carbons (Fsp3) is 0.368. The first-order valence-corrected chi connectivity index (χ1v) is 37.2. The van der Waals surface area contributed by atoms with Crippen LogP contribution in [0.5, 0.6) is 0 Å². The number of furan rings is 1. The number of fused-ring (bicyclic) bond motifs is 5. The molecule has 95 heavy (non-hydrogen) atoms. The van der Waals surface area contributed by atoms with Crippen molar-refractivity contribution in [1.29, 1.82) is 0 Å². The van der Waals surface area contributed by atoms with Crippen LogP contribution in [0.25, 0.3) is 54.5 Å². The lowest BCUT2D eigenvalue weighted by molar-refractivity contribution is 0.456. The summed E-state index contributed by atoms with van der Waals surface area (Å²) in [5, 5.41) is 21.8. The van der Waals surface area contributed by atoms with E-state index in [1.54, 1.807) is 30.1 Å². The van der Waals surface area contributed by atoms with Crippen LogP contribution < -0.4 is 0 Å². The van der Waals surface area contributed by atoms with Gasteiger partial charge in [-0.15, -0.1) is 0 Å². The zero-order valence-corrected chi connectivity index (χ0v) is 67.4. The number of hydrogen-bond acceptors (Lipinski definition) is 6. The maximum atomic E-state index is 4.87. The molecule has 0 aliphatic rings. The standard InChI is InChI=1S/C10H8.C9H7N.C8H7N.C7H6N2.C7H5NO.C6H6.C4H4O.C4H4S.16C2H6/c1-2-6-10-8-4-3-7-9(10)5-1;1-2-6-9-8(4-1)5-3-7-10-9;1-2-4-8-7(3-1)5-6-9-8;2*1-2-4-7-6(3-1)5-8-9-7;1-2-4-6-5-3-1;2*1-2-4-5-3-1;16*1-2/h1-8H;1-7H;1-6,9H;1-5H,(H,8,9);1-5H;1-6H;2*1-4H;16*1-2H3. The number of aromatic amines is 2. The fourth-order valence-electron chi connectivity index (χ4n) is 5.68. The zero-order valence-electron chi connectivity index (χ0n) is 66.5. The highest BCUT2D eigenvalue weighted by molar-refractivity contribution is 7.07. The minimum absolute atomic E-state index is 0.845. The van der Waals surface area contributed by atoms with Gasteiger partial charge in [-0.1, -0.05) is 397 Å². The predicted octanol–water partition coefficient (Wildman–Crippen LogP) is 31.8. The number of nitrogens with one attached hydrogen (secondary N) is 2. The van der Waals surface area contributed by atoms with Crippen LogP contribution in [0.2, 0.25) is 0 Å². The Bertz CT molecular complexity index is 2570. The molecule has 0 atom stereocenters. The van der Waals surface area contributed by atoms with Gasteiger partial charge in [-0.3, -0.25) is 10.1 Å². The maximum absolute atomic E-state index is 4.87. The first-order valence-electron chi connectivity index (χ1n) is 36.2. The van der Waals surface area contributed by atoms with Gasteiger partial charge in [-0.05, 0) is 81.5 Å². The minimum atomic E-state index is 0.845. The molecule has 8 heteroatoms. The minimum Gasteiger partial charge on any atom is -0.473 e. The first kappa shape index (κ1) is 111. The van der Waals surface area contributed by atoms with Gasteiger partial charge in [0.1, 0.15) is 0 Å². The monoisotopic (exact) mass is 1320 g/mol. The summed E-state index contributed by atoms with van der Waals surface area (Å²) < 4.78 is 9.45. The second-order valence-electron chi connectivity index (χ2n) is 13.2. The van der Waals surface area contributed by atoms with Crippen LogP contribution in [0, 0.1) is 0 Å². The van der Waals surface area contributed by atoms with Crippen LogP contribution in [-0.4, -0.2) is 25.3 Å². The Labute approximate surface area is 590 Å². The van der Waals surface area contributed by atoms with E-state index in [1.807, 2.05) is 397 Å². The van der Waals surface area contributed by atoms with Crippen LogP contribution >= 0.6 is 11.3 Å². The lowest BCUT2D eigenvalue weighted by Crippen LogP contribution is -1.73. The molecule has 534 valence electrons. The summed E-state index contributed by atoms with van der Waals surface area (Å²) in [5.74, 6) is 0. The first-order chi connectivity index (χ1) is 47.3. The lowest BCUT2D eigenvalue weighted by atomic mass is 10.1. The quantitative estimate of drug-likeness (QED) is 0.158. The van der Waals surface area contributed by atoms with Crippen LogP contribution in [0.3, 0.4) is 0 Å². The van der Waals surface area contributed by atoms with Crippen LogP contribution in [-0.2, 0) is 0 Å². The van der Waals surface area contributed by atoms with E-state index in [1.165, 1.54) is 27.1 Å². The van der Waals surface area contributed by atoms with Crippen molar-refractivity contribution in [1.82, 2.24) is 25.3 Å². The smallest absolute Gasteiger partial charge is 0.166 e. The molecule has 13 rings (SSSR count). The van der Waals surface area contributed by atoms with Crippen molar-refractivity contribution in [3.8, 4) is 0 Å². The van der Waals surface area contributed by atoms with Gasteiger partial charge in [0.15, 0.2) is 5.58 Å². The molecule has 0 bridgehead atoms. The third kappa shape index (κ3) is 66.9. The van der Waals surface area contributed by atoms with Gasteiger partial charge in [0.25, 0.3) is 0 Å². The summed E-state index contributed by atoms with van der Waals surface area (Å²) in [7, 11) is 0. The van der Waals surface area contributed by atoms with E-state index in [-0.39, 0.29) is 0 Å². The van der Waals surface area contributed by atoms with Gasteiger partial charge < -0.3 is 13.9 Å². The van der Waals surface area contributed by atoms with Crippen LogP contribution in [0.4, 0.5) is 0 Å². The van der Waals surface area contributed by atoms with E-state index in [0.29, 0.717) is 0 Å². The highest BCUT2D eigenvalue weighted by atomic mass is 32.1. The Balaban J connectivity index is -0.0000000894. The molecular weight excluding hydrogens is 1180 g/mol. The zero-order chi connectivity index (χ0) is 75.3. The molecule has 0 radical (unpaired) electrons. The molecular formula is C87H143N5O2S. The second-order valence-corrected chi connectivity index (χ2v) is 14.0. The predicted molar refractivity (Wildman–Crippen MR) is 445 cm³/mol. The molecule has 7 aromatic carbocycles. The molecule has 0 spiro atoms. The van der Waals surface area contributed by atoms with Crippen molar-refractivity contribution < 1.29 is 8.94 Å². The number of nitrogens with zero attached hydrogens (tertiary/aromatic N) is 3. The molecule has 13 aromatic rings. The Morgan fingerprint density at radius 3 is 0.989 bits per heavy atom. The Morgan fingerprint density at radius 2 is 0.632 bits per heavy atom. The van der Waals surface area contributed by atoms with Gasteiger partial charge in [-0.2, -0.15) is 16.4 Å². The normalized spacial score (nSPS) is 7.37. The Kier molecular flexibility index (Phi) is 129. The summed E-state index contributed by atoms with van der Waals surface area (Å²) in [6, 6.07) is 74.5. The molecule has 0 amide bonds. The SMILES string of the molecule is CC.CC.CC.CC.CC.CC.CC.CC.CC.CC.CC.CC.CC.CC.CC.CC.c1ccc2[nH]ccc2c1.c1ccc2[nH]ncc2c1.c1ccc2ccccc2c1.c1ccc2ncccc2c1.c1ccc2oncc2c1.c1ccccc1.c1ccoc1.c1ccsc1. The van der Waals surface area contributed by atoms with Crippen molar-refractivity contribution in [2.45, 2.75) is 222 Å². The van der Waals surface area contributed by atoms with Gasteiger partial charge >= 0.3 is 0 Å². The molecule has 6 heterocycles. The summed E-state index contributed by atoms with van der Waals surface area (Å²) in [6.07, 6.45) is 10.5. The number of rotatable bonds is 0. The maximum Gasteiger partial charge on any atom is 0.166 e. The Morgan fingerprint density at radius 1 is 0.284 bits per heavy atom. The van der Waals surface area contributed by atoms with Crippen molar-refractivity contribution in [2.75, 3.05) is 0 Å². The van der Waals surface area contributed by atoms with Crippen LogP contribution in [0.15, 0.2) is 281 Å². The molecule has 2 N–H and O–H groups in total. The number of H-pyrrole nitrogens is 2. The molecule has 0 unspecified atom stereocenters. The average Bonchev–Trinajstić information content (AvgIpc) is 2.12. The van der Waals surface area contributed by atoms with E-state index in [9.17, 15) is 0 Å². The summed E-state index contributed by atoms with van der Waals surface area (Å²) in [6.45, 7) is 64.0. The van der Waals surface area contributed by atoms with Gasteiger partial charge in [0, 0.05) is 34.1 Å². The van der Waals surface area contributed by atoms with E-state index in [4.69, 9.17) is 4.52 Å². The van der Waals surface area contributed by atoms with E-state index < -0.39 is 0 Å². The molecule has 0 aliphatic heterocycles. The van der Waals surface area contributed by atoms with Crippen LogP contribution in [0.1, 0.15) is 222 Å². The third-order valence-corrected chi connectivity index (χ3v) is 9.39. The molecule has 6 aromatic heterocycles.